The van der Waals surface area contributed by atoms with Gasteiger partial charge in [0.15, 0.2) is 0 Å². The third-order valence-electron chi connectivity index (χ3n) is 8.98. The van der Waals surface area contributed by atoms with Gasteiger partial charge in [0.1, 0.15) is 0 Å². The van der Waals surface area contributed by atoms with Gasteiger partial charge in [0.05, 0.1) is 5.97 Å². The summed E-state index contributed by atoms with van der Waals surface area (Å²) in [5.74, 6) is -2.94. The molecule has 1 aromatic carbocycles. The van der Waals surface area contributed by atoms with Gasteiger partial charge in [-0.05, 0) is 31.2 Å². The van der Waals surface area contributed by atoms with Crippen molar-refractivity contribution in [3.8, 4) is 0 Å². The summed E-state index contributed by atoms with van der Waals surface area (Å²) in [6, 6.07) is 8.06. The fourth-order valence-electron chi connectivity index (χ4n) is 5.86. The van der Waals surface area contributed by atoms with Crippen LogP contribution in [0.2, 0.25) is 0 Å². The van der Waals surface area contributed by atoms with Crippen molar-refractivity contribution in [3.63, 3.8) is 0 Å². The number of carbonyl (C=O) groups excluding carboxylic acids is 3. The summed E-state index contributed by atoms with van der Waals surface area (Å²) >= 11 is 0. The average Bonchev–Trinajstić information content (AvgIpc) is 3.09. The fraction of sp³-hybridized carbons (Fsp3) is 0.791. The van der Waals surface area contributed by atoms with Gasteiger partial charge in [0.25, 0.3) is 0 Å². The number of hydrogen-bond donors (Lipinski definition) is 0. The Hall–Kier alpha value is -0.110. The summed E-state index contributed by atoms with van der Waals surface area (Å²) in [5, 5.41) is 30.5. The average molecular weight is 751 g/mol. The number of unbranched alkanes of at least 4 members (excludes halogenated alkanes) is 28. The minimum absolute atomic E-state index is 0. The molecule has 0 N–H and O–H groups in total. The Labute approximate surface area is 366 Å². The molecule has 0 bridgehead atoms. The molecule has 51 heavy (non-hydrogen) atoms. The van der Waals surface area contributed by atoms with Crippen LogP contribution in [0, 0.1) is 0 Å². The van der Waals surface area contributed by atoms with Crippen LogP contribution in [0.25, 0.3) is 0 Å². The number of hydrogen-bond acceptors (Lipinski definition) is 6. The van der Waals surface area contributed by atoms with Crippen LogP contribution in [0.5, 0.6) is 0 Å². The predicted octanol–water partition coefficient (Wildman–Crippen LogP) is 6.67. The van der Waals surface area contributed by atoms with E-state index in [2.05, 4.69) is 13.8 Å². The summed E-state index contributed by atoms with van der Waals surface area (Å²) in [6.07, 6.45) is 39.7. The normalized spacial score (nSPS) is 10.1. The zero-order valence-corrected chi connectivity index (χ0v) is 37.9. The zero-order valence-electron chi connectivity index (χ0n) is 33.7. The largest absolute Gasteiger partial charge is 2.00 e. The second-order valence-electron chi connectivity index (χ2n) is 13.8. The second kappa shape index (κ2) is 49.9. The van der Waals surface area contributed by atoms with Crippen LogP contribution in [0.15, 0.2) is 30.3 Å². The predicted molar refractivity (Wildman–Crippen MR) is 206 cm³/mol. The van der Waals surface area contributed by atoms with Crippen LogP contribution in [-0.4, -0.2) is 55.6 Å². The van der Waals surface area contributed by atoms with Gasteiger partial charge >= 0.3 is 67.3 Å². The smallest absolute Gasteiger partial charge is 0.550 e. The molecule has 0 unspecified atom stereocenters. The molecule has 0 fully saturated rings. The van der Waals surface area contributed by atoms with E-state index in [-0.39, 0.29) is 85.7 Å². The van der Waals surface area contributed by atoms with Crippen LogP contribution in [-0.2, 0) is 9.59 Å². The van der Waals surface area contributed by atoms with Crippen LogP contribution >= 0.6 is 0 Å². The van der Waals surface area contributed by atoms with Crippen molar-refractivity contribution >= 4 is 55.6 Å². The van der Waals surface area contributed by atoms with E-state index in [1.807, 2.05) is 0 Å². The first-order chi connectivity index (χ1) is 23.8. The first-order valence-electron chi connectivity index (χ1n) is 20.5. The molecule has 1 rings (SSSR count). The maximum absolute atomic E-state index is 10.2. The molecule has 1 aromatic rings. The van der Waals surface area contributed by atoms with Crippen LogP contribution < -0.4 is 44.9 Å². The van der Waals surface area contributed by atoms with Gasteiger partial charge in [-0.15, -0.1) is 0 Å². The van der Waals surface area contributed by atoms with Gasteiger partial charge < -0.3 is 29.7 Å². The molecule has 0 amide bonds. The van der Waals surface area contributed by atoms with Crippen molar-refractivity contribution in [2.75, 3.05) is 0 Å². The van der Waals surface area contributed by atoms with Crippen LogP contribution in [0.4, 0.5) is 0 Å². The van der Waals surface area contributed by atoms with Gasteiger partial charge in [-0.25, -0.2) is 0 Å². The van der Waals surface area contributed by atoms with E-state index in [9.17, 15) is 29.7 Å². The summed E-state index contributed by atoms with van der Waals surface area (Å²) in [5.41, 5.74) is 0.220. The maximum atomic E-state index is 10.2. The van der Waals surface area contributed by atoms with Crippen molar-refractivity contribution < 1.29 is 59.3 Å². The fourth-order valence-corrected chi connectivity index (χ4v) is 5.86. The Morgan fingerprint density at radius 1 is 0.392 bits per heavy atom. The zero-order chi connectivity index (χ0) is 36.5. The minimum Gasteiger partial charge on any atom is -0.550 e. The molecule has 0 aromatic heterocycles. The molecule has 6 nitrogen and oxygen atoms in total. The van der Waals surface area contributed by atoms with E-state index in [1.165, 1.54) is 179 Å². The summed E-state index contributed by atoms with van der Waals surface area (Å²) in [6.45, 7) is 4.53. The van der Waals surface area contributed by atoms with Crippen molar-refractivity contribution in [3.05, 3.63) is 35.9 Å². The molecule has 0 saturated heterocycles. The van der Waals surface area contributed by atoms with Crippen molar-refractivity contribution in [1.29, 1.82) is 0 Å². The number of carboxylic acids is 3. The number of benzene rings is 1. The van der Waals surface area contributed by atoms with Crippen LogP contribution in [0.1, 0.15) is 230 Å². The van der Waals surface area contributed by atoms with Gasteiger partial charge in [-0.2, -0.15) is 0 Å². The SMILES string of the molecule is CCCCCCCCCCCCCCCCCC(=O)[O-].CCCCCCCCCCCCCCCCCC(=O)[O-].O=C([O-])c1ccccc1.[Ca+2].[Na+]. The van der Waals surface area contributed by atoms with Crippen molar-refractivity contribution in [2.24, 2.45) is 0 Å². The topological polar surface area (TPSA) is 120 Å². The molecule has 0 saturated carbocycles. The molecule has 0 radical (unpaired) electrons. The van der Waals surface area contributed by atoms with Gasteiger partial charge in [-0.3, -0.25) is 0 Å². The van der Waals surface area contributed by atoms with Crippen LogP contribution in [0.3, 0.4) is 0 Å². The third kappa shape index (κ3) is 54.3. The number of aromatic carboxylic acids is 1. The molecule has 0 aliphatic rings. The van der Waals surface area contributed by atoms with Crippen molar-refractivity contribution in [1.82, 2.24) is 0 Å². The molecule has 286 valence electrons. The second-order valence-corrected chi connectivity index (χ2v) is 13.8. The molecule has 0 aliphatic heterocycles. The summed E-state index contributed by atoms with van der Waals surface area (Å²) < 4.78 is 0. The monoisotopic (exact) mass is 751 g/mol. The molecule has 0 aliphatic carbocycles. The Balaban J connectivity index is -0.000000338. The van der Waals surface area contributed by atoms with Gasteiger partial charge in [0.2, 0.25) is 0 Å². The standard InChI is InChI=1S/2C18H36O2.C7H6O2.Ca.Na/c2*1-2-3-4-5-6-7-8-9-10-11-12-13-14-15-16-17-18(19)20;8-7(9)6-4-2-1-3-5-6;;/h2*2-17H2,1H3,(H,19,20);1-5H,(H,8,9);;/q;;;+2;+1/p-3. The number of aliphatic carboxylic acids is 2. The van der Waals surface area contributed by atoms with E-state index in [0.29, 0.717) is 0 Å². The van der Waals surface area contributed by atoms with Gasteiger partial charge in [-0.1, -0.05) is 224 Å². The first-order valence-corrected chi connectivity index (χ1v) is 20.5. The molecule has 0 heterocycles. The Kier molecular flexibility index (Phi) is 56.4. The van der Waals surface area contributed by atoms with E-state index < -0.39 is 17.9 Å². The van der Waals surface area contributed by atoms with E-state index >= 15 is 0 Å². The number of rotatable bonds is 33. The molecule has 0 spiro atoms. The molecule has 0 atom stereocenters. The quantitative estimate of drug-likeness (QED) is 0.0585. The maximum Gasteiger partial charge on any atom is 2.00 e. The van der Waals surface area contributed by atoms with E-state index in [0.717, 1.165) is 25.7 Å². The third-order valence-corrected chi connectivity index (χ3v) is 8.98. The first kappa shape index (κ1) is 57.6. The van der Waals surface area contributed by atoms with E-state index in [1.54, 1.807) is 18.2 Å². The number of carboxylic acid groups (broad SMARTS) is 3. The Morgan fingerprint density at radius 3 is 0.784 bits per heavy atom. The summed E-state index contributed by atoms with van der Waals surface area (Å²) in [4.78, 5) is 30.5. The number of carbonyl (C=O) groups is 3. The molecular formula is C43H75CaNaO6. The minimum atomic E-state index is -1.13. The Bertz CT molecular complexity index is 795. The summed E-state index contributed by atoms with van der Waals surface area (Å²) in [7, 11) is 0. The Morgan fingerprint density at radius 2 is 0.608 bits per heavy atom. The molecular weight excluding hydrogens is 676 g/mol. The van der Waals surface area contributed by atoms with Crippen molar-refractivity contribution in [2.45, 2.75) is 219 Å². The van der Waals surface area contributed by atoms with Gasteiger partial charge in [0, 0.05) is 11.9 Å². The van der Waals surface area contributed by atoms with E-state index in [4.69, 9.17) is 0 Å². The molecule has 8 heteroatoms.